The van der Waals surface area contributed by atoms with E-state index < -0.39 is 11.6 Å². The number of hydrogen-bond donors (Lipinski definition) is 1. The maximum atomic E-state index is 13.3. The normalized spacial score (nSPS) is 11.2. The fourth-order valence-electron chi connectivity index (χ4n) is 2.67. The summed E-state index contributed by atoms with van der Waals surface area (Å²) in [5.41, 5.74) is 1.32. The predicted octanol–water partition coefficient (Wildman–Crippen LogP) is 4.11. The average molecular weight is 350 g/mol. The van der Waals surface area contributed by atoms with E-state index in [0.29, 0.717) is 33.5 Å². The van der Waals surface area contributed by atoms with Gasteiger partial charge in [-0.1, -0.05) is 0 Å². The lowest BCUT2D eigenvalue weighted by Gasteiger charge is -2.08. The molecular formula is C20H15FN2O3. The van der Waals surface area contributed by atoms with Crippen LogP contribution in [-0.4, -0.2) is 25.0 Å². The summed E-state index contributed by atoms with van der Waals surface area (Å²) in [7, 11) is 3.03. The van der Waals surface area contributed by atoms with Crippen LogP contribution in [0, 0.1) is 17.1 Å². The Balaban J connectivity index is 2.04. The van der Waals surface area contributed by atoms with Gasteiger partial charge in [-0.15, -0.1) is 0 Å². The van der Waals surface area contributed by atoms with Gasteiger partial charge in [0.2, 0.25) is 5.78 Å². The number of ether oxygens (including phenoxy) is 2. The predicted molar refractivity (Wildman–Crippen MR) is 95.7 cm³/mol. The highest BCUT2D eigenvalue weighted by Crippen LogP contribution is 2.28. The molecule has 5 nitrogen and oxygen atoms in total. The second-order valence-corrected chi connectivity index (χ2v) is 5.50. The molecule has 130 valence electrons. The number of aromatic amines is 1. The first-order chi connectivity index (χ1) is 12.6. The number of fused-ring (bicyclic) bond motifs is 1. The number of nitrogens with one attached hydrogen (secondary N) is 1. The van der Waals surface area contributed by atoms with E-state index in [9.17, 15) is 14.4 Å². The molecule has 0 fully saturated rings. The van der Waals surface area contributed by atoms with Gasteiger partial charge in [0.25, 0.3) is 0 Å². The molecule has 3 rings (SSSR count). The number of hydrogen-bond acceptors (Lipinski definition) is 4. The fraction of sp³-hybridized carbons (Fsp3) is 0.100. The second kappa shape index (κ2) is 7.11. The van der Waals surface area contributed by atoms with Crippen molar-refractivity contribution in [3.05, 3.63) is 65.1 Å². The number of benzene rings is 2. The van der Waals surface area contributed by atoms with Gasteiger partial charge in [0, 0.05) is 34.3 Å². The number of rotatable bonds is 5. The van der Waals surface area contributed by atoms with Crippen LogP contribution in [0.3, 0.4) is 0 Å². The number of nitrogens with zero attached hydrogens (tertiary/aromatic N) is 1. The van der Waals surface area contributed by atoms with Crippen LogP contribution in [0.5, 0.6) is 11.5 Å². The highest BCUT2D eigenvalue weighted by Gasteiger charge is 2.18. The summed E-state index contributed by atoms with van der Waals surface area (Å²) in [4.78, 5) is 15.6. The van der Waals surface area contributed by atoms with E-state index in [1.165, 1.54) is 44.7 Å². The second-order valence-electron chi connectivity index (χ2n) is 5.50. The van der Waals surface area contributed by atoms with Gasteiger partial charge in [0.1, 0.15) is 29.0 Å². The Morgan fingerprint density at radius 2 is 2.00 bits per heavy atom. The maximum Gasteiger partial charge on any atom is 0.205 e. The molecule has 6 heteroatoms. The summed E-state index contributed by atoms with van der Waals surface area (Å²) in [6.45, 7) is 0. The molecule has 1 N–H and O–H groups in total. The minimum atomic E-state index is -0.455. The van der Waals surface area contributed by atoms with Crippen molar-refractivity contribution in [1.82, 2.24) is 4.98 Å². The van der Waals surface area contributed by atoms with Crippen molar-refractivity contribution in [3.8, 4) is 17.6 Å². The zero-order valence-corrected chi connectivity index (χ0v) is 14.2. The molecule has 0 aliphatic heterocycles. The molecule has 1 aromatic heterocycles. The van der Waals surface area contributed by atoms with Gasteiger partial charge in [-0.2, -0.15) is 5.26 Å². The summed E-state index contributed by atoms with van der Waals surface area (Å²) in [6, 6.07) is 11.1. The standard InChI is InChI=1S/C20H15FN2O3/c1-25-15-5-3-12(19(9-15)26-2)7-13(10-22)20(24)17-11-23-18-8-14(21)4-6-16(17)18/h3-9,11,23H,1-2H3. The monoisotopic (exact) mass is 350 g/mol. The zero-order valence-electron chi connectivity index (χ0n) is 14.2. The molecule has 0 unspecified atom stereocenters. The Morgan fingerprint density at radius 3 is 2.69 bits per heavy atom. The van der Waals surface area contributed by atoms with Gasteiger partial charge in [-0.25, -0.2) is 4.39 Å². The first kappa shape index (κ1) is 17.2. The molecule has 2 aromatic carbocycles. The molecule has 0 radical (unpaired) electrons. The smallest absolute Gasteiger partial charge is 0.205 e. The summed E-state index contributed by atoms with van der Waals surface area (Å²) in [5, 5.41) is 10.0. The Bertz CT molecular complexity index is 1060. The van der Waals surface area contributed by atoms with Crippen molar-refractivity contribution in [2.75, 3.05) is 14.2 Å². The molecule has 1 heterocycles. The highest BCUT2D eigenvalue weighted by molar-refractivity contribution is 6.19. The fourth-order valence-corrected chi connectivity index (χ4v) is 2.67. The van der Waals surface area contributed by atoms with Crippen LogP contribution in [0.2, 0.25) is 0 Å². The van der Waals surface area contributed by atoms with Gasteiger partial charge in [-0.05, 0) is 36.4 Å². The van der Waals surface area contributed by atoms with Crippen LogP contribution < -0.4 is 9.47 Å². The molecule has 3 aromatic rings. The van der Waals surface area contributed by atoms with Gasteiger partial charge in [-0.3, -0.25) is 4.79 Å². The van der Waals surface area contributed by atoms with Crippen LogP contribution in [0.1, 0.15) is 15.9 Å². The lowest BCUT2D eigenvalue weighted by molar-refractivity contribution is 0.104. The van der Waals surface area contributed by atoms with Crippen molar-refractivity contribution in [2.24, 2.45) is 0 Å². The highest BCUT2D eigenvalue weighted by atomic mass is 19.1. The van der Waals surface area contributed by atoms with E-state index in [-0.39, 0.29) is 5.57 Å². The number of nitriles is 1. The van der Waals surface area contributed by atoms with Crippen molar-refractivity contribution >= 4 is 22.8 Å². The van der Waals surface area contributed by atoms with Gasteiger partial charge < -0.3 is 14.5 Å². The molecular weight excluding hydrogens is 335 g/mol. The average Bonchev–Trinajstić information content (AvgIpc) is 3.08. The number of halogens is 1. The number of H-pyrrole nitrogens is 1. The number of carbonyl (C=O) groups excluding carboxylic acids is 1. The van der Waals surface area contributed by atoms with Crippen molar-refractivity contribution < 1.29 is 18.7 Å². The lowest BCUT2D eigenvalue weighted by atomic mass is 10.0. The molecule has 0 amide bonds. The minimum absolute atomic E-state index is 0.0568. The van der Waals surface area contributed by atoms with Crippen molar-refractivity contribution in [2.45, 2.75) is 0 Å². The van der Waals surface area contributed by atoms with Gasteiger partial charge in [0.15, 0.2) is 0 Å². The molecule has 26 heavy (non-hydrogen) atoms. The number of allylic oxidation sites excluding steroid dienone is 1. The number of Topliss-reactive ketones (excluding diaryl/α,β-unsaturated/α-hetero) is 1. The number of ketones is 1. The third-order valence-electron chi connectivity index (χ3n) is 3.99. The third kappa shape index (κ3) is 3.15. The first-order valence-electron chi connectivity index (χ1n) is 7.72. The zero-order chi connectivity index (χ0) is 18.7. The number of aromatic nitrogens is 1. The summed E-state index contributed by atoms with van der Waals surface area (Å²) < 4.78 is 23.7. The molecule has 0 bridgehead atoms. The van der Waals surface area contributed by atoms with E-state index in [4.69, 9.17) is 9.47 Å². The van der Waals surface area contributed by atoms with Crippen molar-refractivity contribution in [1.29, 1.82) is 5.26 Å². The van der Waals surface area contributed by atoms with Crippen LogP contribution >= 0.6 is 0 Å². The Morgan fingerprint density at radius 1 is 1.19 bits per heavy atom. The number of methoxy groups -OCH3 is 2. The molecule has 0 saturated carbocycles. The SMILES string of the molecule is COc1ccc(C=C(C#N)C(=O)c2c[nH]c3cc(F)ccc23)c(OC)c1. The van der Waals surface area contributed by atoms with E-state index in [0.717, 1.165) is 0 Å². The van der Waals surface area contributed by atoms with Crippen molar-refractivity contribution in [3.63, 3.8) is 0 Å². The third-order valence-corrected chi connectivity index (χ3v) is 3.99. The largest absolute Gasteiger partial charge is 0.497 e. The van der Waals surface area contributed by atoms with Crippen LogP contribution in [0.4, 0.5) is 4.39 Å². The van der Waals surface area contributed by atoms with Crippen LogP contribution in [-0.2, 0) is 0 Å². The molecule has 0 aliphatic carbocycles. The minimum Gasteiger partial charge on any atom is -0.497 e. The summed E-state index contributed by atoms with van der Waals surface area (Å²) >= 11 is 0. The quantitative estimate of drug-likeness (QED) is 0.427. The molecule has 0 saturated heterocycles. The van der Waals surface area contributed by atoms with Crippen LogP contribution in [0.15, 0.2) is 48.2 Å². The van der Waals surface area contributed by atoms with E-state index >= 15 is 0 Å². The first-order valence-corrected chi connectivity index (χ1v) is 7.72. The summed E-state index contributed by atoms with van der Waals surface area (Å²) in [5.74, 6) is 0.217. The maximum absolute atomic E-state index is 13.3. The lowest BCUT2D eigenvalue weighted by Crippen LogP contribution is -2.01. The Labute approximate surface area is 149 Å². The van der Waals surface area contributed by atoms with E-state index in [1.54, 1.807) is 18.2 Å². The molecule has 0 aliphatic rings. The summed E-state index contributed by atoms with van der Waals surface area (Å²) in [6.07, 6.45) is 2.94. The van der Waals surface area contributed by atoms with Gasteiger partial charge in [0.05, 0.1) is 14.2 Å². The number of carbonyl (C=O) groups is 1. The molecule has 0 atom stereocenters. The van der Waals surface area contributed by atoms with Gasteiger partial charge >= 0.3 is 0 Å². The van der Waals surface area contributed by atoms with E-state index in [2.05, 4.69) is 4.98 Å². The Hall–Kier alpha value is -3.59. The Kier molecular flexibility index (Phi) is 4.72. The van der Waals surface area contributed by atoms with E-state index in [1.807, 2.05) is 6.07 Å². The van der Waals surface area contributed by atoms with Crippen LogP contribution in [0.25, 0.3) is 17.0 Å². The molecule has 0 spiro atoms. The topological polar surface area (TPSA) is 75.1 Å².